The molecule has 1 aliphatic rings. The zero-order valence-corrected chi connectivity index (χ0v) is 16.6. The number of likely N-dealkylation sites (tertiary alicyclic amines) is 1. The third-order valence-electron chi connectivity index (χ3n) is 4.94. The van der Waals surface area contributed by atoms with Gasteiger partial charge in [0.2, 0.25) is 0 Å². The van der Waals surface area contributed by atoms with Gasteiger partial charge in [0.1, 0.15) is 0 Å². The molecular formula is C22H28ClN3O. The van der Waals surface area contributed by atoms with Gasteiger partial charge >= 0.3 is 0 Å². The van der Waals surface area contributed by atoms with Crippen LogP contribution in [0.1, 0.15) is 42.1 Å². The SMILES string of the molecule is CC(CN1CCCCC1)NCc1cccc(NC(=O)c2ccccc2Cl)c1. The Labute approximate surface area is 166 Å². The predicted octanol–water partition coefficient (Wildman–Crippen LogP) is 4.56. The van der Waals surface area contributed by atoms with Crippen LogP contribution >= 0.6 is 11.6 Å². The zero-order valence-electron chi connectivity index (χ0n) is 15.9. The Bertz CT molecular complexity index is 759. The number of nitrogens with one attached hydrogen (secondary N) is 2. The van der Waals surface area contributed by atoms with Crippen molar-refractivity contribution in [3.8, 4) is 0 Å². The number of rotatable bonds is 7. The molecule has 1 fully saturated rings. The number of halogens is 1. The molecule has 4 nitrogen and oxygen atoms in total. The van der Waals surface area contributed by atoms with Crippen LogP contribution in [0.15, 0.2) is 48.5 Å². The molecule has 5 heteroatoms. The Hall–Kier alpha value is -1.88. The van der Waals surface area contributed by atoms with Gasteiger partial charge in [0.25, 0.3) is 5.91 Å². The number of benzene rings is 2. The van der Waals surface area contributed by atoms with Crippen LogP contribution in [-0.2, 0) is 6.54 Å². The van der Waals surface area contributed by atoms with Crippen LogP contribution in [0.25, 0.3) is 0 Å². The standard InChI is InChI=1S/C22H28ClN3O/c1-17(16-26-12-5-2-6-13-26)24-15-18-8-7-9-19(14-18)25-22(27)20-10-3-4-11-21(20)23/h3-4,7-11,14,17,24H,2,5-6,12-13,15-16H2,1H3,(H,25,27). The normalized spacial score (nSPS) is 16.1. The maximum absolute atomic E-state index is 12.4. The third kappa shape index (κ3) is 6.06. The van der Waals surface area contributed by atoms with Crippen LogP contribution < -0.4 is 10.6 Å². The molecule has 0 bridgehead atoms. The molecule has 2 aromatic rings. The maximum atomic E-state index is 12.4. The van der Waals surface area contributed by atoms with Crippen molar-refractivity contribution in [3.05, 3.63) is 64.7 Å². The van der Waals surface area contributed by atoms with Crippen molar-refractivity contribution in [2.45, 2.75) is 38.8 Å². The van der Waals surface area contributed by atoms with Crippen molar-refractivity contribution in [1.29, 1.82) is 0 Å². The second-order valence-electron chi connectivity index (χ2n) is 7.28. The highest BCUT2D eigenvalue weighted by molar-refractivity contribution is 6.34. The van der Waals surface area contributed by atoms with Crippen LogP contribution in [-0.4, -0.2) is 36.5 Å². The fraction of sp³-hybridized carbons (Fsp3) is 0.409. The molecule has 1 unspecified atom stereocenters. The maximum Gasteiger partial charge on any atom is 0.257 e. The van der Waals surface area contributed by atoms with Gasteiger partial charge in [-0.15, -0.1) is 0 Å². The largest absolute Gasteiger partial charge is 0.322 e. The number of hydrogen-bond donors (Lipinski definition) is 2. The van der Waals surface area contributed by atoms with E-state index in [1.165, 1.54) is 32.4 Å². The van der Waals surface area contributed by atoms with Crippen LogP contribution in [0.5, 0.6) is 0 Å². The van der Waals surface area contributed by atoms with Gasteiger partial charge in [-0.05, 0) is 62.7 Å². The summed E-state index contributed by atoms with van der Waals surface area (Å²) in [4.78, 5) is 15.0. The van der Waals surface area contributed by atoms with Gasteiger partial charge in [0, 0.05) is 24.8 Å². The Morgan fingerprint density at radius 3 is 2.67 bits per heavy atom. The topological polar surface area (TPSA) is 44.4 Å². The molecule has 1 saturated heterocycles. The van der Waals surface area contributed by atoms with Gasteiger partial charge in [-0.3, -0.25) is 4.79 Å². The first-order valence-electron chi connectivity index (χ1n) is 9.72. The summed E-state index contributed by atoms with van der Waals surface area (Å²) in [6, 6.07) is 15.5. The number of carbonyl (C=O) groups is 1. The summed E-state index contributed by atoms with van der Waals surface area (Å²) in [5.74, 6) is -0.191. The van der Waals surface area contributed by atoms with Crippen molar-refractivity contribution in [3.63, 3.8) is 0 Å². The van der Waals surface area contributed by atoms with E-state index in [0.29, 0.717) is 16.6 Å². The summed E-state index contributed by atoms with van der Waals surface area (Å²) < 4.78 is 0. The lowest BCUT2D eigenvalue weighted by molar-refractivity contribution is 0.102. The van der Waals surface area contributed by atoms with Crippen LogP contribution in [0.3, 0.4) is 0 Å². The monoisotopic (exact) mass is 385 g/mol. The number of piperidine rings is 1. The Kier molecular flexibility index (Phi) is 7.27. The first-order chi connectivity index (χ1) is 13.1. The van der Waals surface area contributed by atoms with E-state index in [2.05, 4.69) is 28.5 Å². The molecule has 0 aliphatic carbocycles. The first kappa shape index (κ1) is 19.9. The molecule has 1 amide bonds. The number of anilines is 1. The van der Waals surface area contributed by atoms with Crippen molar-refractivity contribution in [2.75, 3.05) is 25.0 Å². The van der Waals surface area contributed by atoms with Crippen molar-refractivity contribution < 1.29 is 4.79 Å². The molecular weight excluding hydrogens is 358 g/mol. The number of amides is 1. The average Bonchev–Trinajstić information content (AvgIpc) is 2.68. The second kappa shape index (κ2) is 9.88. The lowest BCUT2D eigenvalue weighted by Crippen LogP contribution is -2.41. The Balaban J connectivity index is 1.52. The van der Waals surface area contributed by atoms with E-state index >= 15 is 0 Å². The van der Waals surface area contributed by atoms with E-state index < -0.39 is 0 Å². The highest BCUT2D eigenvalue weighted by atomic mass is 35.5. The molecule has 27 heavy (non-hydrogen) atoms. The van der Waals surface area contributed by atoms with Crippen molar-refractivity contribution in [2.24, 2.45) is 0 Å². The minimum Gasteiger partial charge on any atom is -0.322 e. The quantitative estimate of drug-likeness (QED) is 0.734. The summed E-state index contributed by atoms with van der Waals surface area (Å²) in [7, 11) is 0. The number of hydrogen-bond acceptors (Lipinski definition) is 3. The fourth-order valence-corrected chi connectivity index (χ4v) is 3.71. The smallest absolute Gasteiger partial charge is 0.257 e. The highest BCUT2D eigenvalue weighted by Crippen LogP contribution is 2.18. The molecule has 2 aromatic carbocycles. The minimum atomic E-state index is -0.191. The van der Waals surface area contributed by atoms with Gasteiger partial charge in [-0.1, -0.05) is 42.3 Å². The van der Waals surface area contributed by atoms with Gasteiger partial charge in [-0.25, -0.2) is 0 Å². The third-order valence-corrected chi connectivity index (χ3v) is 5.27. The highest BCUT2D eigenvalue weighted by Gasteiger charge is 2.13. The van der Waals surface area contributed by atoms with E-state index in [-0.39, 0.29) is 5.91 Å². The average molecular weight is 386 g/mol. The summed E-state index contributed by atoms with van der Waals surface area (Å²) in [6.07, 6.45) is 4.00. The molecule has 1 aliphatic heterocycles. The lowest BCUT2D eigenvalue weighted by atomic mass is 10.1. The second-order valence-corrected chi connectivity index (χ2v) is 7.68. The zero-order chi connectivity index (χ0) is 19.1. The molecule has 1 atom stereocenters. The van der Waals surface area contributed by atoms with Gasteiger partial charge in [0.05, 0.1) is 10.6 Å². The van der Waals surface area contributed by atoms with Crippen LogP contribution in [0, 0.1) is 0 Å². The molecule has 144 valence electrons. The van der Waals surface area contributed by atoms with Crippen molar-refractivity contribution in [1.82, 2.24) is 10.2 Å². The lowest BCUT2D eigenvalue weighted by Gasteiger charge is -2.29. The summed E-state index contributed by atoms with van der Waals surface area (Å²) in [5, 5.41) is 6.98. The summed E-state index contributed by atoms with van der Waals surface area (Å²) >= 11 is 6.11. The summed E-state index contributed by atoms with van der Waals surface area (Å²) in [6.45, 7) is 6.54. The summed E-state index contributed by atoms with van der Waals surface area (Å²) in [5.41, 5.74) is 2.42. The molecule has 2 N–H and O–H groups in total. The van der Waals surface area contributed by atoms with Gasteiger partial charge in [-0.2, -0.15) is 0 Å². The predicted molar refractivity (Wildman–Crippen MR) is 112 cm³/mol. The van der Waals surface area contributed by atoms with E-state index in [9.17, 15) is 4.79 Å². The van der Waals surface area contributed by atoms with E-state index in [1.54, 1.807) is 12.1 Å². The number of nitrogens with zero attached hydrogens (tertiary/aromatic N) is 1. The fourth-order valence-electron chi connectivity index (χ4n) is 3.49. The van der Waals surface area contributed by atoms with Crippen LogP contribution in [0.2, 0.25) is 5.02 Å². The Morgan fingerprint density at radius 2 is 1.89 bits per heavy atom. The molecule has 3 rings (SSSR count). The first-order valence-corrected chi connectivity index (χ1v) is 10.1. The van der Waals surface area contributed by atoms with Gasteiger partial charge in [0.15, 0.2) is 0 Å². The molecule has 0 radical (unpaired) electrons. The Morgan fingerprint density at radius 1 is 1.11 bits per heavy atom. The molecule has 0 aromatic heterocycles. The molecule has 1 heterocycles. The molecule has 0 saturated carbocycles. The van der Waals surface area contributed by atoms with Crippen LogP contribution in [0.4, 0.5) is 5.69 Å². The van der Waals surface area contributed by atoms with E-state index in [0.717, 1.165) is 24.3 Å². The van der Waals surface area contributed by atoms with E-state index in [1.807, 2.05) is 30.3 Å². The minimum absolute atomic E-state index is 0.191. The number of carbonyl (C=O) groups excluding carboxylic acids is 1. The van der Waals surface area contributed by atoms with Crippen molar-refractivity contribution >= 4 is 23.2 Å². The molecule has 0 spiro atoms. The van der Waals surface area contributed by atoms with Gasteiger partial charge < -0.3 is 15.5 Å². The van der Waals surface area contributed by atoms with E-state index in [4.69, 9.17) is 11.6 Å².